The fourth-order valence-corrected chi connectivity index (χ4v) is 1.76. The lowest BCUT2D eigenvalue weighted by molar-refractivity contribution is -0.173. The molecular formula is C12H20O2. The lowest BCUT2D eigenvalue weighted by Gasteiger charge is -2.40. The van der Waals surface area contributed by atoms with Crippen molar-refractivity contribution in [1.82, 2.24) is 0 Å². The summed E-state index contributed by atoms with van der Waals surface area (Å²) in [5.41, 5.74) is -0.615. The van der Waals surface area contributed by atoms with Gasteiger partial charge in [0.25, 0.3) is 0 Å². The predicted molar refractivity (Wildman–Crippen MR) is 56.9 cm³/mol. The molecule has 1 saturated carbocycles. The van der Waals surface area contributed by atoms with E-state index in [1.165, 1.54) is 0 Å². The van der Waals surface area contributed by atoms with Gasteiger partial charge in [-0.25, -0.2) is 0 Å². The van der Waals surface area contributed by atoms with Crippen LogP contribution in [0.25, 0.3) is 0 Å². The molecule has 0 unspecified atom stereocenters. The zero-order valence-electron chi connectivity index (χ0n) is 9.43. The van der Waals surface area contributed by atoms with E-state index in [-0.39, 0.29) is 17.0 Å². The Morgan fingerprint density at radius 3 is 2.36 bits per heavy atom. The van der Waals surface area contributed by atoms with Crippen LogP contribution in [0, 0.1) is 5.41 Å². The van der Waals surface area contributed by atoms with Crippen LogP contribution >= 0.6 is 0 Å². The van der Waals surface area contributed by atoms with Crippen LogP contribution in [-0.4, -0.2) is 11.6 Å². The lowest BCUT2D eigenvalue weighted by Crippen LogP contribution is -2.42. The molecule has 14 heavy (non-hydrogen) atoms. The van der Waals surface area contributed by atoms with Gasteiger partial charge >= 0.3 is 5.97 Å². The maximum Gasteiger partial charge on any atom is 0.312 e. The van der Waals surface area contributed by atoms with Crippen molar-refractivity contribution in [2.45, 2.75) is 52.1 Å². The van der Waals surface area contributed by atoms with Gasteiger partial charge in [-0.1, -0.05) is 12.5 Å². The van der Waals surface area contributed by atoms with Crippen molar-refractivity contribution in [3.63, 3.8) is 0 Å². The minimum Gasteiger partial charge on any atom is -0.460 e. The van der Waals surface area contributed by atoms with Gasteiger partial charge in [-0.15, -0.1) is 6.58 Å². The highest BCUT2D eigenvalue weighted by atomic mass is 16.6. The molecule has 0 atom stereocenters. The van der Waals surface area contributed by atoms with Crippen LogP contribution in [-0.2, 0) is 9.53 Å². The van der Waals surface area contributed by atoms with E-state index < -0.39 is 0 Å². The number of allylic oxidation sites excluding steroid dienone is 1. The Labute approximate surface area is 86.3 Å². The fourth-order valence-electron chi connectivity index (χ4n) is 1.76. The molecule has 0 aliphatic heterocycles. The molecule has 0 N–H and O–H groups in total. The first-order chi connectivity index (χ1) is 6.40. The highest BCUT2D eigenvalue weighted by Gasteiger charge is 2.45. The van der Waals surface area contributed by atoms with Gasteiger partial charge in [0.1, 0.15) is 5.60 Å². The molecule has 0 amide bonds. The number of hydrogen-bond acceptors (Lipinski definition) is 2. The summed E-state index contributed by atoms with van der Waals surface area (Å²) in [5.74, 6) is -0.0452. The molecule has 1 fully saturated rings. The molecule has 0 aromatic heterocycles. The zero-order valence-corrected chi connectivity index (χ0v) is 9.43. The molecule has 0 spiro atoms. The smallest absolute Gasteiger partial charge is 0.312 e. The molecule has 1 aliphatic carbocycles. The normalized spacial score (nSPS) is 19.6. The van der Waals surface area contributed by atoms with Crippen LogP contribution in [0.3, 0.4) is 0 Å². The number of rotatable bonds is 3. The second kappa shape index (κ2) is 3.76. The molecule has 2 heteroatoms. The second-order valence-electron chi connectivity index (χ2n) is 5.13. The van der Waals surface area contributed by atoms with E-state index in [1.807, 2.05) is 26.8 Å². The number of hydrogen-bond donors (Lipinski definition) is 0. The summed E-state index contributed by atoms with van der Waals surface area (Å²) in [5, 5.41) is 0. The molecule has 1 rings (SSSR count). The molecule has 0 aromatic rings. The van der Waals surface area contributed by atoms with Crippen molar-refractivity contribution >= 4 is 5.97 Å². The molecule has 0 heterocycles. The first kappa shape index (κ1) is 11.3. The van der Waals surface area contributed by atoms with E-state index >= 15 is 0 Å². The van der Waals surface area contributed by atoms with Crippen molar-refractivity contribution in [3.8, 4) is 0 Å². The van der Waals surface area contributed by atoms with E-state index in [4.69, 9.17) is 4.74 Å². The average molecular weight is 196 g/mol. The highest BCUT2D eigenvalue weighted by molar-refractivity contribution is 5.78. The minimum absolute atomic E-state index is 0.0452. The number of carbonyl (C=O) groups is 1. The van der Waals surface area contributed by atoms with E-state index in [9.17, 15) is 4.79 Å². The van der Waals surface area contributed by atoms with E-state index in [0.29, 0.717) is 0 Å². The summed E-state index contributed by atoms with van der Waals surface area (Å²) in [6.07, 6.45) is 5.61. The van der Waals surface area contributed by atoms with Crippen molar-refractivity contribution < 1.29 is 9.53 Å². The molecule has 0 saturated heterocycles. The zero-order chi connectivity index (χ0) is 10.8. The van der Waals surface area contributed by atoms with E-state index in [0.717, 1.165) is 25.7 Å². The lowest BCUT2D eigenvalue weighted by atomic mass is 9.66. The topological polar surface area (TPSA) is 26.3 Å². The van der Waals surface area contributed by atoms with Gasteiger partial charge in [-0.3, -0.25) is 4.79 Å². The van der Waals surface area contributed by atoms with Crippen LogP contribution in [0.4, 0.5) is 0 Å². The van der Waals surface area contributed by atoms with Crippen molar-refractivity contribution in [1.29, 1.82) is 0 Å². The van der Waals surface area contributed by atoms with Crippen molar-refractivity contribution in [3.05, 3.63) is 12.7 Å². The molecule has 1 aliphatic rings. The molecule has 0 bridgehead atoms. The third kappa shape index (κ3) is 2.37. The van der Waals surface area contributed by atoms with Gasteiger partial charge in [0.2, 0.25) is 0 Å². The van der Waals surface area contributed by atoms with Crippen LogP contribution in [0.5, 0.6) is 0 Å². The Morgan fingerprint density at radius 2 is 2.07 bits per heavy atom. The fraction of sp³-hybridized carbons (Fsp3) is 0.750. The SMILES string of the molecule is C=CCC1(C(=O)OC(C)(C)C)CCC1. The van der Waals surface area contributed by atoms with Gasteiger partial charge in [-0.2, -0.15) is 0 Å². The minimum atomic E-state index is -0.374. The van der Waals surface area contributed by atoms with Crippen LogP contribution in [0.15, 0.2) is 12.7 Å². The summed E-state index contributed by atoms with van der Waals surface area (Å²) < 4.78 is 5.41. The number of ether oxygens (including phenoxy) is 1. The maximum atomic E-state index is 11.9. The van der Waals surface area contributed by atoms with Gasteiger partial charge in [0, 0.05) is 0 Å². The summed E-state index contributed by atoms with van der Waals surface area (Å²) in [6.45, 7) is 9.42. The Hall–Kier alpha value is -0.790. The number of carbonyl (C=O) groups excluding carboxylic acids is 1. The quantitative estimate of drug-likeness (QED) is 0.512. The molecule has 0 radical (unpaired) electrons. The summed E-state index contributed by atoms with van der Waals surface area (Å²) in [7, 11) is 0. The second-order valence-corrected chi connectivity index (χ2v) is 5.13. The Bertz CT molecular complexity index is 231. The average Bonchev–Trinajstić information content (AvgIpc) is 1.92. The molecule has 80 valence electrons. The third-order valence-corrected chi connectivity index (χ3v) is 2.68. The molecule has 2 nitrogen and oxygen atoms in total. The van der Waals surface area contributed by atoms with Crippen molar-refractivity contribution in [2.75, 3.05) is 0 Å². The van der Waals surface area contributed by atoms with Crippen molar-refractivity contribution in [2.24, 2.45) is 5.41 Å². The first-order valence-electron chi connectivity index (χ1n) is 5.24. The third-order valence-electron chi connectivity index (χ3n) is 2.68. The Kier molecular flexibility index (Phi) is 3.03. The van der Waals surface area contributed by atoms with E-state index in [2.05, 4.69) is 6.58 Å². The monoisotopic (exact) mass is 196 g/mol. The summed E-state index contributed by atoms with van der Waals surface area (Å²) in [6, 6.07) is 0. The molecular weight excluding hydrogens is 176 g/mol. The summed E-state index contributed by atoms with van der Waals surface area (Å²) >= 11 is 0. The first-order valence-corrected chi connectivity index (χ1v) is 5.24. The highest BCUT2D eigenvalue weighted by Crippen LogP contribution is 2.45. The van der Waals surface area contributed by atoms with Gasteiger partial charge in [0.15, 0.2) is 0 Å². The maximum absolute atomic E-state index is 11.9. The predicted octanol–water partition coefficient (Wildman–Crippen LogP) is 3.07. The van der Waals surface area contributed by atoms with E-state index in [1.54, 1.807) is 0 Å². The Balaban J connectivity index is 2.61. The summed E-state index contributed by atoms with van der Waals surface area (Å²) in [4.78, 5) is 11.9. The molecule has 0 aromatic carbocycles. The van der Waals surface area contributed by atoms with Crippen LogP contribution < -0.4 is 0 Å². The van der Waals surface area contributed by atoms with Crippen LogP contribution in [0.1, 0.15) is 46.5 Å². The number of esters is 1. The standard InChI is InChI=1S/C12H20O2/c1-5-7-12(8-6-9-12)10(13)14-11(2,3)4/h5H,1,6-9H2,2-4H3. The largest absolute Gasteiger partial charge is 0.460 e. The van der Waals surface area contributed by atoms with Crippen LogP contribution in [0.2, 0.25) is 0 Å². The van der Waals surface area contributed by atoms with Gasteiger partial charge < -0.3 is 4.74 Å². The van der Waals surface area contributed by atoms with Gasteiger partial charge in [-0.05, 0) is 40.0 Å². The Morgan fingerprint density at radius 1 is 1.50 bits per heavy atom. The van der Waals surface area contributed by atoms with Gasteiger partial charge in [0.05, 0.1) is 5.41 Å².